The van der Waals surface area contributed by atoms with Gasteiger partial charge in [0.2, 0.25) is 5.91 Å². The molecule has 3 N–H and O–H groups in total. The zero-order chi connectivity index (χ0) is 18.9. The second-order valence-corrected chi connectivity index (χ2v) is 7.57. The fraction of sp³-hybridized carbons (Fsp3) is 0.524. The fourth-order valence-corrected chi connectivity index (χ4v) is 2.96. The highest BCUT2D eigenvalue weighted by atomic mass is 16.2. The van der Waals surface area contributed by atoms with Gasteiger partial charge in [0.05, 0.1) is 18.1 Å². The first-order chi connectivity index (χ1) is 12.4. The molecule has 1 heterocycles. The second kappa shape index (κ2) is 10.1. The van der Waals surface area contributed by atoms with E-state index in [-0.39, 0.29) is 11.9 Å². The van der Waals surface area contributed by atoms with Gasteiger partial charge in [-0.15, -0.1) is 0 Å². The van der Waals surface area contributed by atoms with Crippen molar-refractivity contribution in [3.8, 4) is 0 Å². The zero-order valence-electron chi connectivity index (χ0n) is 16.2. The molecule has 0 spiro atoms. The van der Waals surface area contributed by atoms with Crippen LogP contribution in [0.15, 0.2) is 42.9 Å². The van der Waals surface area contributed by atoms with Crippen LogP contribution in [-0.4, -0.2) is 27.5 Å². The average molecular weight is 357 g/mol. The number of nitrogens with one attached hydrogen (secondary N) is 1. The molecular formula is C21H32N4O. The highest BCUT2D eigenvalue weighted by molar-refractivity contribution is 5.81. The lowest BCUT2D eigenvalue weighted by atomic mass is 10.0. The van der Waals surface area contributed by atoms with Crippen molar-refractivity contribution in [2.45, 2.75) is 65.1 Å². The van der Waals surface area contributed by atoms with Crippen LogP contribution in [0.25, 0.3) is 0 Å². The Balaban J connectivity index is 1.78. The minimum Gasteiger partial charge on any atom is -0.352 e. The first-order valence-corrected chi connectivity index (χ1v) is 9.54. The molecule has 1 aromatic carbocycles. The second-order valence-electron chi connectivity index (χ2n) is 7.57. The minimum atomic E-state index is -0.567. The number of nitrogens with two attached hydrogens (primary N) is 1. The summed E-state index contributed by atoms with van der Waals surface area (Å²) in [5.41, 5.74) is 8.13. The van der Waals surface area contributed by atoms with E-state index in [1.807, 2.05) is 35.9 Å². The Morgan fingerprint density at radius 2 is 1.92 bits per heavy atom. The molecule has 0 saturated carbocycles. The Morgan fingerprint density at radius 1 is 1.19 bits per heavy atom. The van der Waals surface area contributed by atoms with Crippen molar-refractivity contribution in [1.29, 1.82) is 0 Å². The van der Waals surface area contributed by atoms with Crippen LogP contribution < -0.4 is 11.1 Å². The summed E-state index contributed by atoms with van der Waals surface area (Å²) in [6.07, 6.45) is 7.51. The number of rotatable bonds is 10. The van der Waals surface area contributed by atoms with Crippen molar-refractivity contribution in [2.24, 2.45) is 11.7 Å². The SMILES string of the molecule is CC(C)CCCC(C)NC(=O)[C@@H](N)Cc1cn(Cc2ccccc2)cn1. The largest absolute Gasteiger partial charge is 0.352 e. The Labute approximate surface area is 157 Å². The molecule has 2 atom stereocenters. The summed E-state index contributed by atoms with van der Waals surface area (Å²) in [5.74, 6) is 0.603. The Hall–Kier alpha value is -2.14. The molecule has 0 radical (unpaired) electrons. The topological polar surface area (TPSA) is 72.9 Å². The number of imidazole rings is 1. The van der Waals surface area contributed by atoms with Crippen LogP contribution >= 0.6 is 0 Å². The van der Waals surface area contributed by atoms with E-state index >= 15 is 0 Å². The van der Waals surface area contributed by atoms with Gasteiger partial charge in [-0.25, -0.2) is 4.98 Å². The van der Waals surface area contributed by atoms with Crippen molar-refractivity contribution in [3.05, 3.63) is 54.1 Å². The molecule has 2 rings (SSSR count). The number of carbonyl (C=O) groups excluding carboxylic acids is 1. The molecule has 0 saturated heterocycles. The maximum Gasteiger partial charge on any atom is 0.237 e. The van der Waals surface area contributed by atoms with Crippen molar-refractivity contribution in [3.63, 3.8) is 0 Å². The van der Waals surface area contributed by atoms with Gasteiger partial charge in [-0.1, -0.05) is 57.0 Å². The van der Waals surface area contributed by atoms with E-state index in [0.29, 0.717) is 12.3 Å². The first kappa shape index (κ1) is 20.2. The lowest BCUT2D eigenvalue weighted by Gasteiger charge is -2.17. The van der Waals surface area contributed by atoms with Crippen molar-refractivity contribution in [1.82, 2.24) is 14.9 Å². The Kier molecular flexibility index (Phi) is 7.85. The molecule has 0 aliphatic carbocycles. The number of hydrogen-bond acceptors (Lipinski definition) is 3. The van der Waals surface area contributed by atoms with Gasteiger partial charge in [0.25, 0.3) is 0 Å². The maximum absolute atomic E-state index is 12.3. The van der Waals surface area contributed by atoms with Crippen LogP contribution in [0.5, 0.6) is 0 Å². The van der Waals surface area contributed by atoms with E-state index < -0.39 is 6.04 Å². The molecule has 1 unspecified atom stereocenters. The van der Waals surface area contributed by atoms with Crippen LogP contribution in [0.3, 0.4) is 0 Å². The summed E-state index contributed by atoms with van der Waals surface area (Å²) in [5, 5.41) is 3.02. The predicted octanol–water partition coefficient (Wildman–Crippen LogP) is 3.13. The first-order valence-electron chi connectivity index (χ1n) is 9.54. The molecule has 0 aliphatic rings. The number of benzene rings is 1. The number of carbonyl (C=O) groups is 1. The van der Waals surface area contributed by atoms with Crippen molar-refractivity contribution < 1.29 is 4.79 Å². The molecule has 5 nitrogen and oxygen atoms in total. The highest BCUT2D eigenvalue weighted by Crippen LogP contribution is 2.09. The van der Waals surface area contributed by atoms with E-state index in [0.717, 1.165) is 25.1 Å². The average Bonchev–Trinajstić information content (AvgIpc) is 3.02. The van der Waals surface area contributed by atoms with Gasteiger partial charge in [0.1, 0.15) is 0 Å². The van der Waals surface area contributed by atoms with Gasteiger partial charge in [-0.3, -0.25) is 4.79 Å². The number of amides is 1. The Bertz CT molecular complexity index is 666. The van der Waals surface area contributed by atoms with Gasteiger partial charge >= 0.3 is 0 Å². The molecule has 142 valence electrons. The van der Waals surface area contributed by atoms with Gasteiger partial charge in [-0.05, 0) is 24.8 Å². The monoisotopic (exact) mass is 356 g/mol. The third kappa shape index (κ3) is 7.00. The van der Waals surface area contributed by atoms with E-state index in [9.17, 15) is 4.79 Å². The molecule has 1 amide bonds. The lowest BCUT2D eigenvalue weighted by molar-refractivity contribution is -0.123. The minimum absolute atomic E-state index is 0.0975. The van der Waals surface area contributed by atoms with E-state index in [2.05, 4.69) is 36.3 Å². The van der Waals surface area contributed by atoms with Crippen LogP contribution in [-0.2, 0) is 17.8 Å². The number of aromatic nitrogens is 2. The summed E-state index contributed by atoms with van der Waals surface area (Å²) in [4.78, 5) is 16.7. The quantitative estimate of drug-likeness (QED) is 0.687. The lowest BCUT2D eigenvalue weighted by Crippen LogP contribution is -2.45. The summed E-state index contributed by atoms with van der Waals surface area (Å²) >= 11 is 0. The summed E-state index contributed by atoms with van der Waals surface area (Å²) < 4.78 is 2.02. The van der Waals surface area contributed by atoms with Crippen LogP contribution in [0.2, 0.25) is 0 Å². The number of nitrogens with zero attached hydrogens (tertiary/aromatic N) is 2. The van der Waals surface area contributed by atoms with E-state index in [4.69, 9.17) is 5.73 Å². The molecule has 26 heavy (non-hydrogen) atoms. The van der Waals surface area contributed by atoms with Gasteiger partial charge < -0.3 is 15.6 Å². The van der Waals surface area contributed by atoms with Gasteiger partial charge in [0, 0.05) is 25.2 Å². The molecule has 5 heteroatoms. The third-order valence-corrected chi connectivity index (χ3v) is 4.47. The third-order valence-electron chi connectivity index (χ3n) is 4.47. The van der Waals surface area contributed by atoms with Crippen molar-refractivity contribution in [2.75, 3.05) is 0 Å². The zero-order valence-corrected chi connectivity index (χ0v) is 16.2. The summed E-state index contributed by atoms with van der Waals surface area (Å²) in [6.45, 7) is 7.24. The van der Waals surface area contributed by atoms with Crippen LogP contribution in [0, 0.1) is 5.92 Å². The fourth-order valence-electron chi connectivity index (χ4n) is 2.96. The maximum atomic E-state index is 12.3. The smallest absolute Gasteiger partial charge is 0.237 e. The van der Waals surface area contributed by atoms with Crippen LogP contribution in [0.4, 0.5) is 0 Å². The standard InChI is InChI=1S/C21H32N4O/c1-16(2)8-7-9-17(3)24-21(26)20(22)12-19-14-25(15-23-19)13-18-10-5-4-6-11-18/h4-6,10-11,14-17,20H,7-9,12-13,22H2,1-3H3,(H,24,26)/t17?,20-/m0/s1. The van der Waals surface area contributed by atoms with Crippen molar-refractivity contribution >= 4 is 5.91 Å². The van der Waals surface area contributed by atoms with Gasteiger partial charge in [-0.2, -0.15) is 0 Å². The highest BCUT2D eigenvalue weighted by Gasteiger charge is 2.17. The molecule has 1 aromatic heterocycles. The number of hydrogen-bond donors (Lipinski definition) is 2. The molecule has 0 aliphatic heterocycles. The van der Waals surface area contributed by atoms with E-state index in [1.54, 1.807) is 6.33 Å². The normalized spacial score (nSPS) is 13.6. The predicted molar refractivity (Wildman–Crippen MR) is 106 cm³/mol. The molecule has 0 bridgehead atoms. The summed E-state index contributed by atoms with van der Waals surface area (Å²) in [7, 11) is 0. The van der Waals surface area contributed by atoms with E-state index in [1.165, 1.54) is 12.0 Å². The summed E-state index contributed by atoms with van der Waals surface area (Å²) in [6, 6.07) is 9.81. The van der Waals surface area contributed by atoms with Crippen LogP contribution in [0.1, 0.15) is 51.3 Å². The van der Waals surface area contributed by atoms with Gasteiger partial charge in [0.15, 0.2) is 0 Å². The Morgan fingerprint density at radius 3 is 2.62 bits per heavy atom. The molecule has 0 fully saturated rings. The molecule has 2 aromatic rings. The molecular weight excluding hydrogens is 324 g/mol.